The van der Waals surface area contributed by atoms with Crippen molar-refractivity contribution in [3.05, 3.63) is 65.7 Å². The van der Waals surface area contributed by atoms with E-state index in [4.69, 9.17) is 0 Å². The molecule has 0 aliphatic carbocycles. The van der Waals surface area contributed by atoms with Gasteiger partial charge in [-0.25, -0.2) is 8.78 Å². The van der Waals surface area contributed by atoms with Gasteiger partial charge in [0.15, 0.2) is 0 Å². The topological polar surface area (TPSA) is 40.6 Å². The lowest BCUT2D eigenvalue weighted by Gasteiger charge is -2.39. The second-order valence-electron chi connectivity index (χ2n) is 5.65. The van der Waals surface area contributed by atoms with E-state index < -0.39 is 17.7 Å². The maximum Gasteiger partial charge on any atom is 0.254 e. The lowest BCUT2D eigenvalue weighted by atomic mass is 10.1. The Bertz CT molecular complexity index is 777. The van der Waals surface area contributed by atoms with Crippen LogP contribution in [0.15, 0.2) is 48.5 Å². The van der Waals surface area contributed by atoms with Crippen molar-refractivity contribution in [1.82, 2.24) is 4.90 Å². The van der Waals surface area contributed by atoms with Crippen LogP contribution in [0.1, 0.15) is 17.3 Å². The molecular weight excluding hydrogens is 314 g/mol. The number of nitrogens with zero attached hydrogens (tertiary/aromatic N) is 2. The van der Waals surface area contributed by atoms with Crippen molar-refractivity contribution in [1.29, 1.82) is 0 Å². The Balaban J connectivity index is 1.79. The van der Waals surface area contributed by atoms with Crippen molar-refractivity contribution in [3.63, 3.8) is 0 Å². The summed E-state index contributed by atoms with van der Waals surface area (Å²) in [7, 11) is 0. The van der Waals surface area contributed by atoms with Crippen LogP contribution in [0.3, 0.4) is 0 Å². The number of hydrogen-bond acceptors (Lipinski definition) is 2. The van der Waals surface area contributed by atoms with Crippen LogP contribution in [0.2, 0.25) is 0 Å². The van der Waals surface area contributed by atoms with E-state index >= 15 is 0 Å². The largest absolute Gasteiger partial charge is 0.325 e. The van der Waals surface area contributed by atoms with Gasteiger partial charge in [0, 0.05) is 24.3 Å². The molecular formula is C18H16F2N2O2. The molecule has 1 fully saturated rings. The average Bonchev–Trinajstić information content (AvgIpc) is 2.57. The van der Waals surface area contributed by atoms with Crippen molar-refractivity contribution < 1.29 is 18.4 Å². The molecule has 0 N–H and O–H groups in total. The van der Waals surface area contributed by atoms with E-state index in [1.807, 2.05) is 0 Å². The summed E-state index contributed by atoms with van der Waals surface area (Å²) in [6.07, 6.45) is 0. The van der Waals surface area contributed by atoms with Gasteiger partial charge in [-0.1, -0.05) is 6.07 Å². The van der Waals surface area contributed by atoms with E-state index in [0.29, 0.717) is 17.8 Å². The zero-order chi connectivity index (χ0) is 17.3. The molecule has 0 spiro atoms. The molecule has 1 heterocycles. The molecule has 6 heteroatoms. The lowest BCUT2D eigenvalue weighted by molar-refractivity contribution is -0.124. The molecule has 2 amide bonds. The SMILES string of the molecule is CC1C(=O)N(c2cccc(F)c2)CCN1C(=O)c1ccc(F)cc1. The van der Waals surface area contributed by atoms with Gasteiger partial charge in [-0.15, -0.1) is 0 Å². The maximum absolute atomic E-state index is 13.4. The van der Waals surface area contributed by atoms with E-state index in [0.717, 1.165) is 0 Å². The first-order valence-corrected chi connectivity index (χ1v) is 7.61. The highest BCUT2D eigenvalue weighted by molar-refractivity contribution is 6.03. The van der Waals surface area contributed by atoms with Crippen molar-refractivity contribution in [2.45, 2.75) is 13.0 Å². The van der Waals surface area contributed by atoms with Crippen molar-refractivity contribution >= 4 is 17.5 Å². The number of hydrogen-bond donors (Lipinski definition) is 0. The summed E-state index contributed by atoms with van der Waals surface area (Å²) in [6.45, 7) is 2.23. The number of piperazine rings is 1. The number of amides is 2. The average molecular weight is 330 g/mol. The third-order valence-electron chi connectivity index (χ3n) is 4.13. The van der Waals surface area contributed by atoms with Crippen LogP contribution in [-0.2, 0) is 4.79 Å². The molecule has 1 atom stereocenters. The molecule has 0 aromatic heterocycles. The van der Waals surface area contributed by atoms with Gasteiger partial charge in [-0.3, -0.25) is 9.59 Å². The number of carbonyl (C=O) groups excluding carboxylic acids is 2. The van der Waals surface area contributed by atoms with Crippen LogP contribution in [0.4, 0.5) is 14.5 Å². The van der Waals surface area contributed by atoms with Crippen LogP contribution >= 0.6 is 0 Å². The number of halogens is 2. The Kier molecular flexibility index (Phi) is 4.29. The summed E-state index contributed by atoms with van der Waals surface area (Å²) in [5.41, 5.74) is 0.802. The van der Waals surface area contributed by atoms with E-state index in [9.17, 15) is 18.4 Å². The van der Waals surface area contributed by atoms with E-state index in [2.05, 4.69) is 0 Å². The summed E-state index contributed by atoms with van der Waals surface area (Å²) in [5, 5.41) is 0. The summed E-state index contributed by atoms with van der Waals surface area (Å²) in [4.78, 5) is 28.0. The summed E-state index contributed by atoms with van der Waals surface area (Å²) in [5.74, 6) is -1.44. The first-order valence-electron chi connectivity index (χ1n) is 7.61. The van der Waals surface area contributed by atoms with Crippen LogP contribution in [0.5, 0.6) is 0 Å². The Labute approximate surface area is 138 Å². The van der Waals surface area contributed by atoms with E-state index in [-0.39, 0.29) is 18.4 Å². The van der Waals surface area contributed by atoms with Crippen molar-refractivity contribution in [2.24, 2.45) is 0 Å². The smallest absolute Gasteiger partial charge is 0.254 e. The van der Waals surface area contributed by atoms with Gasteiger partial charge in [0.2, 0.25) is 5.91 Å². The molecule has 2 aromatic carbocycles. The fraction of sp³-hybridized carbons (Fsp3) is 0.222. The Morgan fingerprint density at radius 1 is 1.04 bits per heavy atom. The monoisotopic (exact) mass is 330 g/mol. The predicted molar refractivity (Wildman–Crippen MR) is 85.7 cm³/mol. The zero-order valence-corrected chi connectivity index (χ0v) is 13.1. The molecule has 124 valence electrons. The molecule has 0 bridgehead atoms. The molecule has 1 aliphatic heterocycles. The van der Waals surface area contributed by atoms with Crippen LogP contribution in [0.25, 0.3) is 0 Å². The highest BCUT2D eigenvalue weighted by Crippen LogP contribution is 2.22. The Morgan fingerprint density at radius 3 is 2.42 bits per heavy atom. The maximum atomic E-state index is 13.4. The zero-order valence-electron chi connectivity index (χ0n) is 13.1. The Morgan fingerprint density at radius 2 is 1.75 bits per heavy atom. The minimum absolute atomic E-state index is 0.276. The number of anilines is 1. The lowest BCUT2D eigenvalue weighted by Crippen LogP contribution is -2.57. The molecule has 1 aliphatic rings. The second kappa shape index (κ2) is 6.39. The highest BCUT2D eigenvalue weighted by atomic mass is 19.1. The molecule has 1 unspecified atom stereocenters. The second-order valence-corrected chi connectivity index (χ2v) is 5.65. The fourth-order valence-electron chi connectivity index (χ4n) is 2.81. The first-order chi connectivity index (χ1) is 11.5. The van der Waals surface area contributed by atoms with Crippen molar-refractivity contribution in [3.8, 4) is 0 Å². The molecule has 0 radical (unpaired) electrons. The van der Waals surface area contributed by atoms with E-state index in [1.54, 1.807) is 19.1 Å². The summed E-state index contributed by atoms with van der Waals surface area (Å²) < 4.78 is 26.4. The number of benzene rings is 2. The fourth-order valence-corrected chi connectivity index (χ4v) is 2.81. The van der Waals surface area contributed by atoms with Crippen molar-refractivity contribution in [2.75, 3.05) is 18.0 Å². The van der Waals surface area contributed by atoms with Gasteiger partial charge in [-0.05, 0) is 49.4 Å². The summed E-state index contributed by atoms with van der Waals surface area (Å²) >= 11 is 0. The third kappa shape index (κ3) is 2.99. The van der Waals surface area contributed by atoms with Crippen LogP contribution < -0.4 is 4.90 Å². The number of rotatable bonds is 2. The van der Waals surface area contributed by atoms with Gasteiger partial charge in [0.1, 0.15) is 17.7 Å². The Hall–Kier alpha value is -2.76. The van der Waals surface area contributed by atoms with Gasteiger partial charge < -0.3 is 9.80 Å². The van der Waals surface area contributed by atoms with Gasteiger partial charge in [0.25, 0.3) is 5.91 Å². The minimum atomic E-state index is -0.681. The number of carbonyl (C=O) groups is 2. The van der Waals surface area contributed by atoms with Crippen LogP contribution in [0, 0.1) is 11.6 Å². The predicted octanol–water partition coefficient (Wildman–Crippen LogP) is 2.84. The van der Waals surface area contributed by atoms with Crippen LogP contribution in [-0.4, -0.2) is 35.8 Å². The standard InChI is InChI=1S/C18H16F2N2O2/c1-12-17(23)22(16-4-2-3-15(20)11-16)10-9-21(12)18(24)13-5-7-14(19)8-6-13/h2-8,11-12H,9-10H2,1H3. The molecule has 4 nitrogen and oxygen atoms in total. The molecule has 0 saturated carbocycles. The van der Waals surface area contributed by atoms with Gasteiger partial charge in [0.05, 0.1) is 0 Å². The molecule has 24 heavy (non-hydrogen) atoms. The molecule has 3 rings (SSSR count). The van der Waals surface area contributed by atoms with Gasteiger partial charge >= 0.3 is 0 Å². The quantitative estimate of drug-likeness (QED) is 0.849. The molecule has 1 saturated heterocycles. The first kappa shape index (κ1) is 16.1. The minimum Gasteiger partial charge on any atom is -0.325 e. The highest BCUT2D eigenvalue weighted by Gasteiger charge is 2.35. The molecule has 2 aromatic rings. The van der Waals surface area contributed by atoms with E-state index in [1.165, 1.54) is 46.2 Å². The van der Waals surface area contributed by atoms with Gasteiger partial charge in [-0.2, -0.15) is 0 Å². The normalized spacial score (nSPS) is 18.0. The third-order valence-corrected chi connectivity index (χ3v) is 4.13. The summed E-state index contributed by atoms with van der Waals surface area (Å²) in [6, 6.07) is 10.3.